The second-order valence-corrected chi connectivity index (χ2v) is 22.8. The highest BCUT2D eigenvalue weighted by atomic mass is 16.3. The molecule has 20 rings (SSSR count). The molecule has 85 heavy (non-hydrogen) atoms. The Labute approximate surface area is 483 Å². The van der Waals surface area contributed by atoms with Gasteiger partial charge in [0.15, 0.2) is 0 Å². The topological polar surface area (TPSA) is 50.9 Å². The first-order chi connectivity index (χ1) is 42.2. The van der Waals surface area contributed by atoms with Gasteiger partial charge in [0.2, 0.25) is 0 Å². The maximum absolute atomic E-state index is 6.64. The number of rotatable bonds is 5. The number of para-hydroxylation sites is 7. The molecule has 13 aromatic carbocycles. The Kier molecular flexibility index (Phi) is 8.79. The highest BCUT2D eigenvalue weighted by Crippen LogP contribution is 2.48. The molecule has 0 bridgehead atoms. The van der Waals surface area contributed by atoms with Crippen LogP contribution in [0, 0.1) is 0 Å². The minimum atomic E-state index is 0.858. The van der Waals surface area contributed by atoms with Crippen molar-refractivity contribution in [1.29, 1.82) is 0 Å². The number of furan rings is 2. The monoisotopic (exact) mass is 1080 g/mol. The second kappa shape index (κ2) is 16.6. The summed E-state index contributed by atoms with van der Waals surface area (Å²) in [6, 6.07) is 99.6. The molecule has 0 fully saturated rings. The van der Waals surface area contributed by atoms with Crippen molar-refractivity contribution in [3.63, 3.8) is 0 Å². The van der Waals surface area contributed by atoms with Gasteiger partial charge in [-0.05, 0) is 133 Å². The first kappa shape index (κ1) is 45.1. The van der Waals surface area contributed by atoms with Gasteiger partial charge in [0, 0.05) is 104 Å². The Morgan fingerprint density at radius 2 is 0.459 bits per heavy atom. The van der Waals surface area contributed by atoms with Gasteiger partial charge in [-0.1, -0.05) is 140 Å². The van der Waals surface area contributed by atoms with E-state index in [-0.39, 0.29) is 0 Å². The first-order valence-corrected chi connectivity index (χ1v) is 29.1. The molecule has 0 aliphatic heterocycles. The molecule has 7 heterocycles. The summed E-state index contributed by atoms with van der Waals surface area (Å²) in [5.41, 5.74) is 20.5. The van der Waals surface area contributed by atoms with Crippen LogP contribution in [0.5, 0.6) is 0 Å². The predicted octanol–water partition coefficient (Wildman–Crippen LogP) is 21.0. The molecule has 0 unspecified atom stereocenters. The van der Waals surface area contributed by atoms with Crippen LogP contribution in [0.2, 0.25) is 0 Å². The van der Waals surface area contributed by atoms with E-state index in [4.69, 9.17) is 8.83 Å². The Balaban J connectivity index is 0.810. The minimum Gasteiger partial charge on any atom is -0.456 e. The number of nitrogens with zero attached hydrogens (tertiary/aromatic N) is 5. The largest absolute Gasteiger partial charge is 0.456 e. The van der Waals surface area contributed by atoms with Gasteiger partial charge in [0.25, 0.3) is 0 Å². The molecule has 7 nitrogen and oxygen atoms in total. The average Bonchev–Trinajstić information content (AvgIpc) is 1.64. The summed E-state index contributed by atoms with van der Waals surface area (Å²) in [4.78, 5) is 0. The predicted molar refractivity (Wildman–Crippen MR) is 353 cm³/mol. The number of hydrogen-bond donors (Lipinski definition) is 0. The van der Waals surface area contributed by atoms with Gasteiger partial charge in [-0.15, -0.1) is 0 Å². The van der Waals surface area contributed by atoms with Gasteiger partial charge in [0.05, 0.1) is 55.2 Å². The summed E-state index contributed by atoms with van der Waals surface area (Å²) in [5.74, 6) is 0. The van der Waals surface area contributed by atoms with Crippen LogP contribution in [-0.2, 0) is 0 Å². The van der Waals surface area contributed by atoms with E-state index in [0.717, 1.165) is 94.4 Å². The molecule has 0 amide bonds. The molecule has 0 saturated carbocycles. The maximum atomic E-state index is 6.64. The quantitative estimate of drug-likeness (QED) is 0.172. The van der Waals surface area contributed by atoms with Crippen LogP contribution in [0.3, 0.4) is 0 Å². The highest BCUT2D eigenvalue weighted by Gasteiger charge is 2.26. The average molecular weight is 1080 g/mol. The normalized spacial score (nSPS) is 12.5. The van der Waals surface area contributed by atoms with Crippen LogP contribution >= 0.6 is 0 Å². The van der Waals surface area contributed by atoms with Gasteiger partial charge < -0.3 is 31.7 Å². The van der Waals surface area contributed by atoms with Crippen molar-refractivity contribution in [2.24, 2.45) is 0 Å². The lowest BCUT2D eigenvalue weighted by Crippen LogP contribution is -1.96. The fourth-order valence-electron chi connectivity index (χ4n) is 15.0. The van der Waals surface area contributed by atoms with Crippen LogP contribution in [0.1, 0.15) is 0 Å². The first-order valence-electron chi connectivity index (χ1n) is 29.1. The lowest BCUT2D eigenvalue weighted by atomic mass is 10.1. The lowest BCUT2D eigenvalue weighted by molar-refractivity contribution is 0.668. The van der Waals surface area contributed by atoms with Crippen molar-refractivity contribution >= 4 is 153 Å². The molecule has 0 aliphatic carbocycles. The molecule has 0 N–H and O–H groups in total. The zero-order valence-corrected chi connectivity index (χ0v) is 45.5. The molecule has 394 valence electrons. The van der Waals surface area contributed by atoms with Crippen molar-refractivity contribution in [3.8, 4) is 28.4 Å². The van der Waals surface area contributed by atoms with Gasteiger partial charge in [-0.2, -0.15) is 0 Å². The molecule has 0 saturated heterocycles. The second-order valence-electron chi connectivity index (χ2n) is 22.8. The van der Waals surface area contributed by atoms with Crippen LogP contribution in [0.4, 0.5) is 0 Å². The van der Waals surface area contributed by atoms with Crippen LogP contribution in [0.25, 0.3) is 181 Å². The number of hydrogen-bond acceptors (Lipinski definition) is 2. The summed E-state index contributed by atoms with van der Waals surface area (Å²) in [5, 5.41) is 16.4. The Bertz CT molecular complexity index is 5820. The summed E-state index contributed by atoms with van der Waals surface area (Å²) in [6.07, 6.45) is 0. The van der Waals surface area contributed by atoms with Crippen molar-refractivity contribution in [2.75, 3.05) is 0 Å². The molecular formula is C78H45N5O2. The van der Waals surface area contributed by atoms with Gasteiger partial charge in [-0.3, -0.25) is 0 Å². The maximum Gasteiger partial charge on any atom is 0.135 e. The molecule has 0 atom stereocenters. The molecular weight excluding hydrogens is 1040 g/mol. The summed E-state index contributed by atoms with van der Waals surface area (Å²) >= 11 is 0. The van der Waals surface area contributed by atoms with Gasteiger partial charge in [0.1, 0.15) is 22.3 Å². The standard InChI is InChI=1S/C78H45N5O2/c1-2-16-46(17-3-1)83-77-55(34-36-69-75(77)57-22-8-14-28-67(57)81(69)49-32-40-73-61(44-49)59-42-47(30-38-71(59)84-73)79-63-24-10-4-18-51(63)52-19-5-11-25-64(52)79)56-35-37-70-76(78(56)83)58-23-9-15-29-68(58)82(70)50-33-41-74-62(45-50)60-43-48(31-39-72(60)85-74)80-65-26-12-6-20-53(65)54-21-7-13-27-66(54)80/h1-45H. The zero-order chi connectivity index (χ0) is 55.2. The Hall–Kier alpha value is -11.5. The van der Waals surface area contributed by atoms with E-state index < -0.39 is 0 Å². The zero-order valence-electron chi connectivity index (χ0n) is 45.5. The number of benzene rings is 13. The fraction of sp³-hybridized carbons (Fsp3) is 0. The Morgan fingerprint density at radius 1 is 0.176 bits per heavy atom. The van der Waals surface area contributed by atoms with Crippen LogP contribution < -0.4 is 0 Å². The molecule has 0 spiro atoms. The van der Waals surface area contributed by atoms with Gasteiger partial charge >= 0.3 is 0 Å². The number of fused-ring (bicyclic) bond motifs is 23. The lowest BCUT2D eigenvalue weighted by Gasteiger charge is -2.11. The van der Waals surface area contributed by atoms with Crippen molar-refractivity contribution in [1.82, 2.24) is 22.8 Å². The van der Waals surface area contributed by atoms with E-state index in [9.17, 15) is 0 Å². The third-order valence-corrected chi connectivity index (χ3v) is 18.4. The smallest absolute Gasteiger partial charge is 0.135 e. The molecule has 7 aromatic heterocycles. The molecule has 7 heteroatoms. The van der Waals surface area contributed by atoms with E-state index in [2.05, 4.69) is 296 Å². The third kappa shape index (κ3) is 6.02. The van der Waals surface area contributed by atoms with Gasteiger partial charge in [-0.25, -0.2) is 0 Å². The van der Waals surface area contributed by atoms with E-state index in [1.165, 1.54) is 87.0 Å². The summed E-state index contributed by atoms with van der Waals surface area (Å²) < 4.78 is 25.5. The fourth-order valence-corrected chi connectivity index (χ4v) is 15.0. The molecule has 20 aromatic rings. The van der Waals surface area contributed by atoms with Crippen LogP contribution in [-0.4, -0.2) is 22.8 Å². The summed E-state index contributed by atoms with van der Waals surface area (Å²) in [6.45, 7) is 0. The molecule has 0 radical (unpaired) electrons. The third-order valence-electron chi connectivity index (χ3n) is 18.4. The minimum absolute atomic E-state index is 0.858. The van der Waals surface area contributed by atoms with E-state index in [1.54, 1.807) is 0 Å². The van der Waals surface area contributed by atoms with Crippen molar-refractivity contribution in [3.05, 3.63) is 273 Å². The Morgan fingerprint density at radius 3 is 0.800 bits per heavy atom. The van der Waals surface area contributed by atoms with E-state index >= 15 is 0 Å². The molecule has 0 aliphatic rings. The van der Waals surface area contributed by atoms with E-state index in [1.807, 2.05) is 0 Å². The summed E-state index contributed by atoms with van der Waals surface area (Å²) in [7, 11) is 0. The van der Waals surface area contributed by atoms with Crippen molar-refractivity contribution < 1.29 is 8.83 Å². The van der Waals surface area contributed by atoms with Crippen molar-refractivity contribution in [2.45, 2.75) is 0 Å². The number of aromatic nitrogens is 5. The van der Waals surface area contributed by atoms with Crippen LogP contribution in [0.15, 0.2) is 282 Å². The SMILES string of the molecule is c1ccc(-n2c3c(ccc4c3c3ccccc3n4-c3ccc4oc5ccc(-n6c7ccccc7c7ccccc76)cc5c4c3)c3ccc4c(c5ccccc5n4-c4ccc5oc6ccc(-n7c8ccccc8c8ccccc87)cc6c5c4)c32)cc1. The highest BCUT2D eigenvalue weighted by molar-refractivity contribution is 6.32. The van der Waals surface area contributed by atoms with E-state index in [0.29, 0.717) is 0 Å².